The molecule has 32 heavy (non-hydrogen) atoms. The van der Waals surface area contributed by atoms with Crippen LogP contribution in [0.1, 0.15) is 12.5 Å². The third-order valence-electron chi connectivity index (χ3n) is 5.45. The second-order valence-corrected chi connectivity index (χ2v) is 7.49. The predicted octanol–water partition coefficient (Wildman–Crippen LogP) is 4.27. The fourth-order valence-corrected chi connectivity index (χ4v) is 3.93. The molecule has 0 bridgehead atoms. The van der Waals surface area contributed by atoms with Crippen molar-refractivity contribution in [3.05, 3.63) is 88.6 Å². The summed E-state index contributed by atoms with van der Waals surface area (Å²) >= 11 is 0. The van der Waals surface area contributed by atoms with Gasteiger partial charge in [0.15, 0.2) is 11.5 Å². The number of pyridine rings is 1. The summed E-state index contributed by atoms with van der Waals surface area (Å²) in [4.78, 5) is 24.1. The minimum atomic E-state index is -0.965. The molecule has 164 valence electrons. The Morgan fingerprint density at radius 3 is 2.09 bits per heavy atom. The van der Waals surface area contributed by atoms with Gasteiger partial charge in [0.2, 0.25) is 0 Å². The second kappa shape index (κ2) is 9.66. The van der Waals surface area contributed by atoms with Crippen molar-refractivity contribution < 1.29 is 19.4 Å². The zero-order valence-corrected chi connectivity index (χ0v) is 17.9. The molecule has 1 heterocycles. The van der Waals surface area contributed by atoms with Crippen LogP contribution in [0.5, 0.6) is 5.75 Å². The molecular weight excluding hydrogens is 406 g/mol. The highest BCUT2D eigenvalue weighted by Gasteiger charge is 2.17. The van der Waals surface area contributed by atoms with Crippen LogP contribution in [0.15, 0.2) is 77.6 Å². The summed E-state index contributed by atoms with van der Waals surface area (Å²) in [6.45, 7) is 3.13. The first-order valence-electron chi connectivity index (χ1n) is 10.6. The Morgan fingerprint density at radius 1 is 0.938 bits per heavy atom. The average Bonchev–Trinajstić information content (AvgIpc) is 2.82. The average molecular weight is 431 g/mol. The Labute approximate surface area is 185 Å². The number of hydrogen-bond donors (Lipinski definition) is 1. The van der Waals surface area contributed by atoms with E-state index in [0.29, 0.717) is 42.7 Å². The molecule has 4 rings (SSSR count). The maximum atomic E-state index is 12.8. The van der Waals surface area contributed by atoms with Gasteiger partial charge >= 0.3 is 5.97 Å². The quantitative estimate of drug-likeness (QED) is 0.401. The fraction of sp³-hybridized carbons (Fsp3) is 0.231. The zero-order valence-electron chi connectivity index (χ0n) is 17.9. The first kappa shape index (κ1) is 21.6. The molecule has 0 saturated carbocycles. The molecule has 0 amide bonds. The van der Waals surface area contributed by atoms with E-state index in [9.17, 15) is 14.7 Å². The molecule has 0 aliphatic rings. The molecule has 0 radical (unpaired) electrons. The second-order valence-electron chi connectivity index (χ2n) is 7.49. The van der Waals surface area contributed by atoms with E-state index in [1.165, 1.54) is 0 Å². The maximum Gasteiger partial charge on any atom is 0.333 e. The van der Waals surface area contributed by atoms with Crippen LogP contribution in [0.4, 0.5) is 0 Å². The third-order valence-corrected chi connectivity index (χ3v) is 5.45. The normalized spacial score (nSPS) is 12.2. The van der Waals surface area contributed by atoms with Crippen LogP contribution < -0.4 is 10.2 Å². The lowest BCUT2D eigenvalue weighted by atomic mass is 10.1. The van der Waals surface area contributed by atoms with E-state index in [0.717, 1.165) is 16.6 Å². The van der Waals surface area contributed by atoms with Gasteiger partial charge in [0.25, 0.3) is 0 Å². The van der Waals surface area contributed by atoms with E-state index >= 15 is 0 Å². The molecule has 3 aromatic carbocycles. The Balaban J connectivity index is 1.49. The maximum absolute atomic E-state index is 12.8. The summed E-state index contributed by atoms with van der Waals surface area (Å²) in [5.41, 5.74) is 2.67. The summed E-state index contributed by atoms with van der Waals surface area (Å²) in [5, 5.41) is 10.6. The lowest BCUT2D eigenvalue weighted by molar-refractivity contribution is -0.149. The predicted molar refractivity (Wildman–Crippen MR) is 124 cm³/mol. The highest BCUT2D eigenvalue weighted by Crippen LogP contribution is 2.20. The van der Waals surface area contributed by atoms with Crippen molar-refractivity contribution in [2.45, 2.75) is 26.0 Å². The Morgan fingerprint density at radius 2 is 1.53 bits per heavy atom. The van der Waals surface area contributed by atoms with Gasteiger partial charge in [-0.15, -0.1) is 0 Å². The molecule has 1 unspecified atom stereocenters. The van der Waals surface area contributed by atoms with Gasteiger partial charge in [0.1, 0.15) is 12.4 Å². The molecule has 6 nitrogen and oxygen atoms in total. The summed E-state index contributed by atoms with van der Waals surface area (Å²) in [7, 11) is 0. The van der Waals surface area contributed by atoms with Crippen molar-refractivity contribution in [2.75, 3.05) is 13.2 Å². The number of aromatic nitrogens is 1. The standard InChI is InChI=1S/C26H25NO5/c1-2-31-24(26(29)30)17-18-11-13-19(14-12-18)32-16-15-27-22-9-5-3-7-20(22)25(28)21-8-4-6-10-23(21)27/h3-14,24H,2,15-17H2,1H3,(H,29,30). The fourth-order valence-electron chi connectivity index (χ4n) is 3.93. The zero-order chi connectivity index (χ0) is 22.5. The molecule has 1 aromatic heterocycles. The van der Waals surface area contributed by atoms with Gasteiger partial charge in [-0.1, -0.05) is 36.4 Å². The Hall–Kier alpha value is -3.64. The van der Waals surface area contributed by atoms with Crippen LogP contribution in [0.3, 0.4) is 0 Å². The molecule has 4 aromatic rings. The molecule has 0 spiro atoms. The van der Waals surface area contributed by atoms with E-state index in [1.54, 1.807) is 6.92 Å². The molecule has 0 fully saturated rings. The van der Waals surface area contributed by atoms with Gasteiger partial charge in [-0.2, -0.15) is 0 Å². The van der Waals surface area contributed by atoms with Crippen molar-refractivity contribution in [1.82, 2.24) is 4.57 Å². The number of hydrogen-bond acceptors (Lipinski definition) is 4. The third kappa shape index (κ3) is 4.50. The topological polar surface area (TPSA) is 77.8 Å². The first-order chi connectivity index (χ1) is 15.6. The lowest BCUT2D eigenvalue weighted by Gasteiger charge is -2.16. The van der Waals surface area contributed by atoms with Crippen LogP contribution in [0, 0.1) is 0 Å². The molecule has 0 saturated heterocycles. The van der Waals surface area contributed by atoms with Gasteiger partial charge in [-0.3, -0.25) is 4.79 Å². The van der Waals surface area contributed by atoms with Crippen molar-refractivity contribution in [3.63, 3.8) is 0 Å². The van der Waals surface area contributed by atoms with E-state index in [2.05, 4.69) is 4.57 Å². The van der Waals surface area contributed by atoms with E-state index < -0.39 is 12.1 Å². The van der Waals surface area contributed by atoms with E-state index in [-0.39, 0.29) is 5.43 Å². The molecular formula is C26H25NO5. The number of aliphatic carboxylic acids is 1. The Bertz CT molecular complexity index is 1230. The molecule has 0 aliphatic heterocycles. The van der Waals surface area contributed by atoms with E-state index in [4.69, 9.17) is 9.47 Å². The largest absolute Gasteiger partial charge is 0.492 e. The number of carboxylic acid groups (broad SMARTS) is 1. The number of carbonyl (C=O) groups is 1. The van der Waals surface area contributed by atoms with Crippen molar-refractivity contribution in [3.8, 4) is 5.75 Å². The molecule has 1 atom stereocenters. The van der Waals surface area contributed by atoms with Crippen LogP contribution in [-0.2, 0) is 22.5 Å². The van der Waals surface area contributed by atoms with Crippen molar-refractivity contribution >= 4 is 27.8 Å². The monoisotopic (exact) mass is 431 g/mol. The minimum absolute atomic E-state index is 0.0377. The summed E-state index contributed by atoms with van der Waals surface area (Å²) < 4.78 is 13.3. The molecule has 6 heteroatoms. The van der Waals surface area contributed by atoms with Gasteiger partial charge in [-0.05, 0) is 48.9 Å². The first-order valence-corrected chi connectivity index (χ1v) is 10.6. The highest BCUT2D eigenvalue weighted by molar-refractivity contribution is 5.93. The van der Waals surface area contributed by atoms with Crippen LogP contribution in [0.25, 0.3) is 21.8 Å². The highest BCUT2D eigenvalue weighted by atomic mass is 16.5. The lowest BCUT2D eigenvalue weighted by Crippen LogP contribution is -2.26. The number of rotatable bonds is 9. The minimum Gasteiger partial charge on any atom is -0.492 e. The SMILES string of the molecule is CCOC(Cc1ccc(OCCn2c3ccccc3c(=O)c3ccccc32)cc1)C(=O)O. The number of ether oxygens (including phenoxy) is 2. The van der Waals surface area contributed by atoms with Crippen LogP contribution >= 0.6 is 0 Å². The number of carboxylic acids is 1. The van der Waals surface area contributed by atoms with Gasteiger partial charge < -0.3 is 19.1 Å². The molecule has 0 aliphatic carbocycles. The molecule has 1 N–H and O–H groups in total. The Kier molecular flexibility index (Phi) is 6.52. The van der Waals surface area contributed by atoms with E-state index in [1.807, 2.05) is 72.8 Å². The summed E-state index contributed by atoms with van der Waals surface area (Å²) in [6.07, 6.45) is -0.549. The summed E-state index contributed by atoms with van der Waals surface area (Å²) in [6, 6.07) is 22.6. The van der Waals surface area contributed by atoms with Crippen LogP contribution in [-0.4, -0.2) is 35.0 Å². The van der Waals surface area contributed by atoms with Gasteiger partial charge in [0, 0.05) is 23.8 Å². The number of para-hydroxylation sites is 2. The van der Waals surface area contributed by atoms with Gasteiger partial charge in [-0.25, -0.2) is 4.79 Å². The van der Waals surface area contributed by atoms with Crippen molar-refractivity contribution in [2.24, 2.45) is 0 Å². The van der Waals surface area contributed by atoms with Crippen molar-refractivity contribution in [1.29, 1.82) is 0 Å². The van der Waals surface area contributed by atoms with Gasteiger partial charge in [0.05, 0.1) is 17.6 Å². The number of benzene rings is 3. The number of fused-ring (bicyclic) bond motifs is 2. The smallest absolute Gasteiger partial charge is 0.333 e. The number of nitrogens with zero attached hydrogens (tertiary/aromatic N) is 1. The summed E-state index contributed by atoms with van der Waals surface area (Å²) in [5.74, 6) is -0.264. The van der Waals surface area contributed by atoms with Crippen LogP contribution in [0.2, 0.25) is 0 Å².